The lowest BCUT2D eigenvalue weighted by Crippen LogP contribution is -2.04. The Morgan fingerprint density at radius 2 is 1.56 bits per heavy atom. The van der Waals surface area contributed by atoms with E-state index in [4.69, 9.17) is 11.6 Å². The maximum absolute atomic E-state index is 12.2. The lowest BCUT2D eigenvalue weighted by atomic mass is 9.99. The van der Waals surface area contributed by atoms with Crippen LogP contribution in [0.1, 0.15) is 27.0 Å². The van der Waals surface area contributed by atoms with Crippen molar-refractivity contribution in [1.29, 1.82) is 0 Å². The molecule has 92 valence electrons. The van der Waals surface area contributed by atoms with Crippen molar-refractivity contribution < 1.29 is 4.79 Å². The summed E-state index contributed by atoms with van der Waals surface area (Å²) >= 11 is 5.82. The second-order valence-electron chi connectivity index (χ2n) is 4.60. The molecule has 0 heterocycles. The van der Waals surface area contributed by atoms with E-state index >= 15 is 0 Å². The fourth-order valence-corrected chi connectivity index (χ4v) is 2.15. The summed E-state index contributed by atoms with van der Waals surface area (Å²) in [4.78, 5) is 12.2. The first-order valence-corrected chi connectivity index (χ1v) is 6.28. The molecule has 18 heavy (non-hydrogen) atoms. The van der Waals surface area contributed by atoms with Crippen molar-refractivity contribution in [2.24, 2.45) is 0 Å². The van der Waals surface area contributed by atoms with Crippen LogP contribution in [0.15, 0.2) is 42.5 Å². The summed E-state index contributed by atoms with van der Waals surface area (Å²) in [6, 6.07) is 13.3. The summed E-state index contributed by atoms with van der Waals surface area (Å²) in [6.45, 7) is 4.01. The highest BCUT2D eigenvalue weighted by Gasteiger charge is 2.08. The van der Waals surface area contributed by atoms with Crippen molar-refractivity contribution >= 4 is 17.4 Å². The summed E-state index contributed by atoms with van der Waals surface area (Å²) in [5.74, 6) is 0.143. The predicted molar refractivity (Wildman–Crippen MR) is 75.4 cm³/mol. The first kappa shape index (κ1) is 12.8. The molecule has 0 fully saturated rings. The SMILES string of the molecule is Cc1cc(C)cc(C(=O)Cc2ccc(Cl)cc2)c1. The highest BCUT2D eigenvalue weighted by molar-refractivity contribution is 6.30. The van der Waals surface area contributed by atoms with Crippen molar-refractivity contribution in [3.8, 4) is 0 Å². The van der Waals surface area contributed by atoms with Gasteiger partial charge in [0.1, 0.15) is 0 Å². The fourth-order valence-electron chi connectivity index (χ4n) is 2.03. The number of halogens is 1. The van der Waals surface area contributed by atoms with Gasteiger partial charge in [-0.2, -0.15) is 0 Å². The number of rotatable bonds is 3. The molecule has 0 spiro atoms. The Kier molecular flexibility index (Phi) is 3.83. The third-order valence-electron chi connectivity index (χ3n) is 2.82. The maximum Gasteiger partial charge on any atom is 0.167 e. The third-order valence-corrected chi connectivity index (χ3v) is 3.07. The third kappa shape index (κ3) is 3.21. The molecule has 1 nitrogen and oxygen atoms in total. The zero-order chi connectivity index (χ0) is 13.1. The Balaban J connectivity index is 2.19. The Morgan fingerprint density at radius 3 is 2.11 bits per heavy atom. The lowest BCUT2D eigenvalue weighted by Gasteiger charge is -2.05. The van der Waals surface area contributed by atoms with Crippen molar-refractivity contribution in [1.82, 2.24) is 0 Å². The molecule has 2 rings (SSSR count). The minimum Gasteiger partial charge on any atom is -0.294 e. The molecule has 0 unspecified atom stereocenters. The van der Waals surface area contributed by atoms with Crippen LogP contribution in [0.4, 0.5) is 0 Å². The van der Waals surface area contributed by atoms with Crippen LogP contribution in [0, 0.1) is 13.8 Å². The Morgan fingerprint density at radius 1 is 1.00 bits per heavy atom. The van der Waals surface area contributed by atoms with Crippen LogP contribution >= 0.6 is 11.6 Å². The van der Waals surface area contributed by atoms with Gasteiger partial charge < -0.3 is 0 Å². The van der Waals surface area contributed by atoms with E-state index in [1.807, 2.05) is 50.2 Å². The largest absolute Gasteiger partial charge is 0.294 e. The first-order chi connectivity index (χ1) is 8.54. The van der Waals surface area contributed by atoms with Gasteiger partial charge in [-0.15, -0.1) is 0 Å². The molecule has 0 amide bonds. The molecular formula is C16H15ClO. The molecular weight excluding hydrogens is 244 g/mol. The van der Waals surface area contributed by atoms with Crippen LogP contribution in [0.2, 0.25) is 5.02 Å². The van der Waals surface area contributed by atoms with E-state index in [-0.39, 0.29) is 5.78 Å². The topological polar surface area (TPSA) is 17.1 Å². The first-order valence-electron chi connectivity index (χ1n) is 5.90. The molecule has 0 aromatic heterocycles. The predicted octanol–water partition coefficient (Wildman–Crippen LogP) is 4.38. The number of ketones is 1. The van der Waals surface area contributed by atoms with Gasteiger partial charge in [0.2, 0.25) is 0 Å². The normalized spacial score (nSPS) is 10.4. The van der Waals surface area contributed by atoms with E-state index in [1.165, 1.54) is 0 Å². The summed E-state index contributed by atoms with van der Waals surface area (Å²) in [5.41, 5.74) is 4.01. The van der Waals surface area contributed by atoms with Gasteiger partial charge in [0.25, 0.3) is 0 Å². The molecule has 0 saturated heterocycles. The average molecular weight is 259 g/mol. The van der Waals surface area contributed by atoms with Gasteiger partial charge in [-0.3, -0.25) is 4.79 Å². The van der Waals surface area contributed by atoms with Gasteiger partial charge in [-0.25, -0.2) is 0 Å². The number of carbonyl (C=O) groups excluding carboxylic acids is 1. The number of hydrogen-bond donors (Lipinski definition) is 0. The van der Waals surface area contributed by atoms with Gasteiger partial charge >= 0.3 is 0 Å². The number of Topliss-reactive ketones (excluding diaryl/α,β-unsaturated/α-hetero) is 1. The van der Waals surface area contributed by atoms with Crippen LogP contribution in [0.3, 0.4) is 0 Å². The fraction of sp³-hybridized carbons (Fsp3) is 0.188. The Bertz CT molecular complexity index is 550. The Hall–Kier alpha value is -1.60. The zero-order valence-corrected chi connectivity index (χ0v) is 11.3. The quantitative estimate of drug-likeness (QED) is 0.747. The van der Waals surface area contributed by atoms with E-state index in [9.17, 15) is 4.79 Å². The molecule has 0 atom stereocenters. The molecule has 0 saturated carbocycles. The van der Waals surface area contributed by atoms with Crippen LogP contribution < -0.4 is 0 Å². The van der Waals surface area contributed by atoms with Crippen LogP contribution in [0.25, 0.3) is 0 Å². The highest BCUT2D eigenvalue weighted by Crippen LogP contribution is 2.14. The van der Waals surface area contributed by atoms with Crippen LogP contribution in [-0.2, 0) is 6.42 Å². The smallest absolute Gasteiger partial charge is 0.167 e. The van der Waals surface area contributed by atoms with Crippen LogP contribution in [0.5, 0.6) is 0 Å². The van der Waals surface area contributed by atoms with E-state index in [1.54, 1.807) is 0 Å². The molecule has 0 aliphatic carbocycles. The molecule has 0 aliphatic rings. The highest BCUT2D eigenvalue weighted by atomic mass is 35.5. The van der Waals surface area contributed by atoms with Crippen molar-refractivity contribution in [2.75, 3.05) is 0 Å². The molecule has 2 aromatic rings. The molecule has 0 radical (unpaired) electrons. The summed E-state index contributed by atoms with van der Waals surface area (Å²) in [7, 11) is 0. The standard InChI is InChI=1S/C16H15ClO/c1-11-7-12(2)9-14(8-11)16(18)10-13-3-5-15(17)6-4-13/h3-9H,10H2,1-2H3. The molecule has 0 N–H and O–H groups in total. The second-order valence-corrected chi connectivity index (χ2v) is 5.04. The summed E-state index contributed by atoms with van der Waals surface area (Å²) in [5, 5.41) is 0.692. The second kappa shape index (κ2) is 5.36. The van der Waals surface area contributed by atoms with Crippen molar-refractivity contribution in [2.45, 2.75) is 20.3 Å². The van der Waals surface area contributed by atoms with E-state index in [0.29, 0.717) is 11.4 Å². The average Bonchev–Trinajstić information content (AvgIpc) is 2.31. The number of hydrogen-bond acceptors (Lipinski definition) is 1. The van der Waals surface area contributed by atoms with Gasteiger partial charge in [0, 0.05) is 17.0 Å². The molecule has 0 bridgehead atoms. The molecule has 2 aromatic carbocycles. The van der Waals surface area contributed by atoms with Crippen molar-refractivity contribution in [3.05, 3.63) is 69.7 Å². The van der Waals surface area contributed by atoms with E-state index < -0.39 is 0 Å². The lowest BCUT2D eigenvalue weighted by molar-refractivity contribution is 0.0993. The molecule has 2 heteroatoms. The summed E-state index contributed by atoms with van der Waals surface area (Å²) in [6.07, 6.45) is 0.417. The van der Waals surface area contributed by atoms with Gasteiger partial charge in [0.05, 0.1) is 0 Å². The van der Waals surface area contributed by atoms with Gasteiger partial charge in [0.15, 0.2) is 5.78 Å². The maximum atomic E-state index is 12.2. The zero-order valence-electron chi connectivity index (χ0n) is 10.5. The number of aryl methyl sites for hydroxylation is 2. The monoisotopic (exact) mass is 258 g/mol. The van der Waals surface area contributed by atoms with Gasteiger partial charge in [-0.1, -0.05) is 40.9 Å². The minimum absolute atomic E-state index is 0.143. The van der Waals surface area contributed by atoms with Gasteiger partial charge in [-0.05, 0) is 43.7 Å². The number of carbonyl (C=O) groups is 1. The Labute approximate surface area is 112 Å². The molecule has 0 aliphatic heterocycles. The van der Waals surface area contributed by atoms with E-state index in [0.717, 1.165) is 22.3 Å². The van der Waals surface area contributed by atoms with E-state index in [2.05, 4.69) is 6.07 Å². The van der Waals surface area contributed by atoms with Crippen molar-refractivity contribution in [3.63, 3.8) is 0 Å². The van der Waals surface area contributed by atoms with Crippen LogP contribution in [-0.4, -0.2) is 5.78 Å². The minimum atomic E-state index is 0.143. The summed E-state index contributed by atoms with van der Waals surface area (Å²) < 4.78 is 0. The number of benzene rings is 2.